The smallest absolute Gasteiger partial charge is 0.178 e. The van der Waals surface area contributed by atoms with Crippen molar-refractivity contribution in [2.75, 3.05) is 6.61 Å². The summed E-state index contributed by atoms with van der Waals surface area (Å²) < 4.78 is 21.5. The van der Waals surface area contributed by atoms with E-state index in [9.17, 15) is 4.39 Å². The van der Waals surface area contributed by atoms with Gasteiger partial charge in [-0.25, -0.2) is 4.39 Å². The van der Waals surface area contributed by atoms with Crippen molar-refractivity contribution in [1.29, 1.82) is 0 Å². The first kappa shape index (κ1) is 14.5. The van der Waals surface area contributed by atoms with Gasteiger partial charge in [-0.15, -0.1) is 0 Å². The SMILES string of the molecule is CCOC(C)(C)Cn1c(=S)[nH]c2cc(F)c(Cl)cc21. The number of H-pyrrole nitrogens is 1. The molecule has 0 aliphatic heterocycles. The van der Waals surface area contributed by atoms with Crippen LogP contribution in [0.2, 0.25) is 5.02 Å². The highest BCUT2D eigenvalue weighted by molar-refractivity contribution is 7.71. The molecule has 1 heterocycles. The molecule has 0 bridgehead atoms. The van der Waals surface area contributed by atoms with E-state index in [1.165, 1.54) is 6.07 Å². The van der Waals surface area contributed by atoms with Gasteiger partial charge in [-0.05, 0) is 39.1 Å². The van der Waals surface area contributed by atoms with Crippen LogP contribution < -0.4 is 0 Å². The van der Waals surface area contributed by atoms with E-state index in [4.69, 9.17) is 28.6 Å². The number of aromatic nitrogens is 2. The minimum absolute atomic E-state index is 0.0875. The van der Waals surface area contributed by atoms with Crippen LogP contribution in [0.15, 0.2) is 12.1 Å². The third-order valence-electron chi connectivity index (χ3n) is 2.89. The van der Waals surface area contributed by atoms with E-state index >= 15 is 0 Å². The summed E-state index contributed by atoms with van der Waals surface area (Å²) in [6.45, 7) is 7.12. The normalized spacial score (nSPS) is 12.3. The lowest BCUT2D eigenvalue weighted by atomic mass is 10.1. The van der Waals surface area contributed by atoms with Crippen LogP contribution in [0.5, 0.6) is 0 Å². The van der Waals surface area contributed by atoms with Crippen molar-refractivity contribution < 1.29 is 9.13 Å². The van der Waals surface area contributed by atoms with Crippen molar-refractivity contribution in [3.8, 4) is 0 Å². The Hall–Kier alpha value is -0.910. The van der Waals surface area contributed by atoms with Gasteiger partial charge in [-0.1, -0.05) is 11.6 Å². The van der Waals surface area contributed by atoms with E-state index < -0.39 is 5.82 Å². The zero-order valence-electron chi connectivity index (χ0n) is 11.1. The molecule has 0 atom stereocenters. The van der Waals surface area contributed by atoms with Gasteiger partial charge in [0, 0.05) is 12.7 Å². The molecule has 1 aromatic carbocycles. The van der Waals surface area contributed by atoms with Crippen molar-refractivity contribution in [3.63, 3.8) is 0 Å². The second kappa shape index (κ2) is 5.23. The molecule has 0 amide bonds. The van der Waals surface area contributed by atoms with E-state index in [1.54, 1.807) is 6.07 Å². The standard InChI is InChI=1S/C13H16ClFN2OS/c1-4-18-13(2,3)7-17-11-5-8(14)9(15)6-10(11)16-12(17)19/h5-6H,4,7H2,1-3H3,(H,16,19). The molecule has 3 nitrogen and oxygen atoms in total. The summed E-state index contributed by atoms with van der Waals surface area (Å²) in [4.78, 5) is 2.98. The number of fused-ring (bicyclic) bond motifs is 1. The molecular formula is C13H16ClFN2OS. The first-order valence-corrected chi connectivity index (χ1v) is 6.84. The maximum Gasteiger partial charge on any atom is 0.178 e. The Morgan fingerprint density at radius 1 is 1.47 bits per heavy atom. The number of aromatic amines is 1. The number of nitrogens with zero attached hydrogens (tertiary/aromatic N) is 1. The number of halogens is 2. The third-order valence-corrected chi connectivity index (χ3v) is 3.50. The quantitative estimate of drug-likeness (QED) is 0.853. The molecule has 0 saturated carbocycles. The van der Waals surface area contributed by atoms with Crippen LogP contribution in [0.1, 0.15) is 20.8 Å². The molecular weight excluding hydrogens is 287 g/mol. The minimum Gasteiger partial charge on any atom is -0.374 e. The van der Waals surface area contributed by atoms with Crippen LogP contribution in [0.3, 0.4) is 0 Å². The Labute approximate surface area is 121 Å². The first-order chi connectivity index (χ1) is 8.84. The van der Waals surface area contributed by atoms with Crippen molar-refractivity contribution in [2.24, 2.45) is 0 Å². The van der Waals surface area contributed by atoms with Crippen molar-refractivity contribution in [3.05, 3.63) is 27.7 Å². The maximum absolute atomic E-state index is 13.4. The largest absolute Gasteiger partial charge is 0.374 e. The second-order valence-corrected chi connectivity index (χ2v) is 5.79. The average Bonchev–Trinajstić information content (AvgIpc) is 2.56. The van der Waals surface area contributed by atoms with Crippen LogP contribution in [0, 0.1) is 10.6 Å². The van der Waals surface area contributed by atoms with Gasteiger partial charge in [0.2, 0.25) is 0 Å². The van der Waals surface area contributed by atoms with Crippen molar-refractivity contribution in [2.45, 2.75) is 32.9 Å². The first-order valence-electron chi connectivity index (χ1n) is 6.05. The van der Waals surface area contributed by atoms with Crippen molar-refractivity contribution in [1.82, 2.24) is 9.55 Å². The Balaban J connectivity index is 2.51. The van der Waals surface area contributed by atoms with Gasteiger partial charge in [0.15, 0.2) is 4.77 Å². The van der Waals surface area contributed by atoms with Gasteiger partial charge in [0.05, 0.1) is 28.2 Å². The fourth-order valence-corrected chi connectivity index (χ4v) is 2.56. The number of imidazole rings is 1. The van der Waals surface area contributed by atoms with Crippen molar-refractivity contribution >= 4 is 34.9 Å². The minimum atomic E-state index is -0.457. The van der Waals surface area contributed by atoms with E-state index in [-0.39, 0.29) is 10.6 Å². The van der Waals surface area contributed by atoms with Crippen LogP contribution in [0.25, 0.3) is 11.0 Å². The second-order valence-electron chi connectivity index (χ2n) is 4.99. The Morgan fingerprint density at radius 2 is 2.16 bits per heavy atom. The fraction of sp³-hybridized carbons (Fsp3) is 0.462. The molecule has 0 aliphatic rings. The van der Waals surface area contributed by atoms with Gasteiger partial charge in [-0.3, -0.25) is 0 Å². The van der Waals surface area contributed by atoms with E-state index in [0.717, 1.165) is 5.52 Å². The number of hydrogen-bond donors (Lipinski definition) is 1. The summed E-state index contributed by atoms with van der Waals surface area (Å²) >= 11 is 11.1. The summed E-state index contributed by atoms with van der Waals surface area (Å²) in [5.41, 5.74) is 1.06. The van der Waals surface area contributed by atoms with Gasteiger partial charge >= 0.3 is 0 Å². The molecule has 1 N–H and O–H groups in total. The lowest BCUT2D eigenvalue weighted by Gasteiger charge is -2.25. The van der Waals surface area contributed by atoms with Gasteiger partial charge in [-0.2, -0.15) is 0 Å². The maximum atomic E-state index is 13.4. The summed E-state index contributed by atoms with van der Waals surface area (Å²) in [6.07, 6.45) is 0. The van der Waals surface area contributed by atoms with E-state index in [1.807, 2.05) is 25.3 Å². The molecule has 19 heavy (non-hydrogen) atoms. The highest BCUT2D eigenvalue weighted by Gasteiger charge is 2.20. The van der Waals surface area contributed by atoms with Crippen LogP contribution in [0.4, 0.5) is 4.39 Å². The Kier molecular flexibility index (Phi) is 3.99. The number of ether oxygens (including phenoxy) is 1. The Bertz CT molecular complexity index is 662. The molecule has 1 aromatic heterocycles. The molecule has 0 spiro atoms. The zero-order valence-corrected chi connectivity index (χ0v) is 12.7. The summed E-state index contributed by atoms with van der Waals surface area (Å²) in [5.74, 6) is -0.457. The molecule has 0 unspecified atom stereocenters. The summed E-state index contributed by atoms with van der Waals surface area (Å²) in [7, 11) is 0. The third kappa shape index (κ3) is 2.99. The molecule has 0 saturated heterocycles. The topological polar surface area (TPSA) is 29.9 Å². The molecule has 0 aliphatic carbocycles. The monoisotopic (exact) mass is 302 g/mol. The van der Waals surface area contributed by atoms with Gasteiger partial charge < -0.3 is 14.3 Å². The lowest BCUT2D eigenvalue weighted by Crippen LogP contribution is -2.30. The van der Waals surface area contributed by atoms with Gasteiger partial charge in [0.25, 0.3) is 0 Å². The van der Waals surface area contributed by atoms with E-state index in [2.05, 4.69) is 4.98 Å². The summed E-state index contributed by atoms with van der Waals surface area (Å²) in [5, 5.41) is 0.0875. The number of hydrogen-bond acceptors (Lipinski definition) is 2. The highest BCUT2D eigenvalue weighted by atomic mass is 35.5. The molecule has 104 valence electrons. The van der Waals surface area contributed by atoms with E-state index in [0.29, 0.717) is 23.4 Å². The summed E-state index contributed by atoms with van der Waals surface area (Å²) in [6, 6.07) is 2.94. The van der Waals surface area contributed by atoms with Crippen LogP contribution in [-0.2, 0) is 11.3 Å². The highest BCUT2D eigenvalue weighted by Crippen LogP contribution is 2.24. The number of rotatable bonds is 4. The van der Waals surface area contributed by atoms with Crippen LogP contribution in [-0.4, -0.2) is 21.8 Å². The van der Waals surface area contributed by atoms with Crippen LogP contribution >= 0.6 is 23.8 Å². The van der Waals surface area contributed by atoms with Gasteiger partial charge in [0.1, 0.15) is 5.82 Å². The molecule has 0 fully saturated rings. The molecule has 0 radical (unpaired) electrons. The Morgan fingerprint density at radius 3 is 2.79 bits per heavy atom. The average molecular weight is 303 g/mol. The molecule has 2 aromatic rings. The number of benzene rings is 1. The zero-order chi connectivity index (χ0) is 14.2. The molecule has 2 rings (SSSR count). The fourth-order valence-electron chi connectivity index (χ4n) is 2.13. The predicted octanol–water partition coefficient (Wildman–Crippen LogP) is 4.31. The molecule has 6 heteroatoms. The lowest BCUT2D eigenvalue weighted by molar-refractivity contribution is -0.0219. The predicted molar refractivity (Wildman–Crippen MR) is 77.8 cm³/mol. The number of nitrogens with one attached hydrogen (secondary N) is 1.